The zero-order valence-corrected chi connectivity index (χ0v) is 13.3. The highest BCUT2D eigenvalue weighted by Crippen LogP contribution is 2.25. The van der Waals surface area contributed by atoms with Crippen molar-refractivity contribution in [1.82, 2.24) is 4.90 Å². The topological polar surface area (TPSA) is 29.3 Å². The molecule has 3 unspecified atom stereocenters. The molecule has 1 saturated heterocycles. The maximum atomic E-state index is 6.53. The fourth-order valence-electron chi connectivity index (χ4n) is 3.36. The quantitative estimate of drug-likeness (QED) is 0.902. The first kappa shape index (κ1) is 15.5. The van der Waals surface area contributed by atoms with Crippen LogP contribution in [0.4, 0.5) is 0 Å². The van der Waals surface area contributed by atoms with Crippen molar-refractivity contribution < 1.29 is 0 Å². The second-order valence-electron chi connectivity index (χ2n) is 6.30. The van der Waals surface area contributed by atoms with Crippen molar-refractivity contribution >= 4 is 0 Å². The average Bonchev–Trinajstić information content (AvgIpc) is 2.70. The van der Waals surface area contributed by atoms with Crippen LogP contribution in [-0.4, -0.2) is 23.5 Å². The second-order valence-corrected chi connectivity index (χ2v) is 6.30. The molecule has 0 aliphatic carbocycles. The molecule has 2 nitrogen and oxygen atoms in total. The molecule has 0 aromatic heterocycles. The predicted octanol–water partition coefficient (Wildman–Crippen LogP) is 3.90. The lowest BCUT2D eigenvalue weighted by molar-refractivity contribution is 0.137. The van der Waals surface area contributed by atoms with Gasteiger partial charge in [-0.15, -0.1) is 0 Å². The van der Waals surface area contributed by atoms with E-state index in [0.717, 1.165) is 6.42 Å². The van der Waals surface area contributed by atoms with Crippen LogP contribution in [0.5, 0.6) is 0 Å². The average molecular weight is 274 g/mol. The van der Waals surface area contributed by atoms with E-state index >= 15 is 0 Å². The molecule has 1 fully saturated rings. The van der Waals surface area contributed by atoms with Crippen LogP contribution in [0.2, 0.25) is 0 Å². The molecule has 1 aliphatic rings. The molecular weight excluding hydrogens is 244 g/mol. The third-order valence-electron chi connectivity index (χ3n) is 4.92. The minimum atomic E-state index is 0.112. The second kappa shape index (κ2) is 7.24. The first-order valence-corrected chi connectivity index (χ1v) is 8.23. The molecule has 3 atom stereocenters. The van der Waals surface area contributed by atoms with Gasteiger partial charge in [0.1, 0.15) is 0 Å². The molecule has 0 saturated carbocycles. The summed E-state index contributed by atoms with van der Waals surface area (Å²) in [4.78, 5) is 2.62. The molecule has 2 rings (SSSR count). The van der Waals surface area contributed by atoms with Gasteiger partial charge in [-0.2, -0.15) is 0 Å². The lowest BCUT2D eigenvalue weighted by atomic mass is 9.97. The number of benzene rings is 1. The maximum absolute atomic E-state index is 6.53. The Morgan fingerprint density at radius 2 is 1.90 bits per heavy atom. The number of likely N-dealkylation sites (tertiary alicyclic amines) is 1. The Morgan fingerprint density at radius 1 is 1.20 bits per heavy atom. The van der Waals surface area contributed by atoms with Gasteiger partial charge in [0.15, 0.2) is 0 Å². The largest absolute Gasteiger partial charge is 0.323 e. The maximum Gasteiger partial charge on any atom is 0.0450 e. The summed E-state index contributed by atoms with van der Waals surface area (Å²) in [6, 6.07) is 10.0. The standard InChI is InChI=1S/C18H30N2/c1-4-16-9-11-17(12-10-16)18(19)15(3)20-13-7-5-6-8-14(20)2/h9-12,14-15,18H,4-8,13,19H2,1-3H3. The first-order valence-electron chi connectivity index (χ1n) is 8.23. The molecule has 2 N–H and O–H groups in total. The Balaban J connectivity index is 2.07. The molecule has 2 heteroatoms. The van der Waals surface area contributed by atoms with Gasteiger partial charge in [0.2, 0.25) is 0 Å². The van der Waals surface area contributed by atoms with Gasteiger partial charge in [-0.1, -0.05) is 44.0 Å². The number of nitrogens with two attached hydrogens (primary N) is 1. The molecular formula is C18H30N2. The van der Waals surface area contributed by atoms with Crippen molar-refractivity contribution in [3.05, 3.63) is 35.4 Å². The highest BCUT2D eigenvalue weighted by atomic mass is 15.2. The molecule has 0 spiro atoms. The van der Waals surface area contributed by atoms with Gasteiger partial charge in [0.25, 0.3) is 0 Å². The monoisotopic (exact) mass is 274 g/mol. The fourth-order valence-corrected chi connectivity index (χ4v) is 3.36. The number of nitrogens with zero attached hydrogens (tertiary/aromatic N) is 1. The summed E-state index contributed by atoms with van der Waals surface area (Å²) < 4.78 is 0. The van der Waals surface area contributed by atoms with Crippen LogP contribution in [0, 0.1) is 0 Å². The smallest absolute Gasteiger partial charge is 0.0450 e. The summed E-state index contributed by atoms with van der Waals surface area (Å²) in [5.74, 6) is 0. The van der Waals surface area contributed by atoms with Crippen LogP contribution in [0.15, 0.2) is 24.3 Å². The van der Waals surface area contributed by atoms with Crippen molar-refractivity contribution in [1.29, 1.82) is 0 Å². The van der Waals surface area contributed by atoms with Gasteiger partial charge in [0.05, 0.1) is 0 Å². The van der Waals surface area contributed by atoms with E-state index in [1.165, 1.54) is 43.4 Å². The van der Waals surface area contributed by atoms with Crippen LogP contribution < -0.4 is 5.73 Å². The zero-order valence-electron chi connectivity index (χ0n) is 13.3. The van der Waals surface area contributed by atoms with Crippen LogP contribution in [0.1, 0.15) is 63.6 Å². The Bertz CT molecular complexity index is 398. The normalized spacial score (nSPS) is 24.1. The van der Waals surface area contributed by atoms with Gasteiger partial charge < -0.3 is 5.73 Å². The van der Waals surface area contributed by atoms with Crippen molar-refractivity contribution in [2.24, 2.45) is 5.73 Å². The zero-order chi connectivity index (χ0) is 14.5. The molecule has 1 aromatic carbocycles. The summed E-state index contributed by atoms with van der Waals surface area (Å²) in [5.41, 5.74) is 9.19. The van der Waals surface area contributed by atoms with Crippen molar-refractivity contribution in [3.63, 3.8) is 0 Å². The van der Waals surface area contributed by atoms with E-state index in [1.807, 2.05) is 0 Å². The van der Waals surface area contributed by atoms with Gasteiger partial charge in [-0.05, 0) is 50.8 Å². The molecule has 1 heterocycles. The Morgan fingerprint density at radius 3 is 2.55 bits per heavy atom. The third kappa shape index (κ3) is 3.62. The molecule has 1 aromatic rings. The van der Waals surface area contributed by atoms with Gasteiger partial charge in [-0.25, -0.2) is 0 Å². The Kier molecular flexibility index (Phi) is 5.62. The molecule has 20 heavy (non-hydrogen) atoms. The van der Waals surface area contributed by atoms with Crippen molar-refractivity contribution in [3.8, 4) is 0 Å². The van der Waals surface area contributed by atoms with E-state index in [1.54, 1.807) is 0 Å². The molecule has 112 valence electrons. The van der Waals surface area contributed by atoms with Crippen LogP contribution in [0.3, 0.4) is 0 Å². The lowest BCUT2D eigenvalue weighted by Crippen LogP contribution is -2.45. The number of rotatable bonds is 4. The lowest BCUT2D eigenvalue weighted by Gasteiger charge is -2.36. The highest BCUT2D eigenvalue weighted by Gasteiger charge is 2.26. The van der Waals surface area contributed by atoms with Crippen LogP contribution in [-0.2, 0) is 6.42 Å². The highest BCUT2D eigenvalue weighted by molar-refractivity contribution is 5.25. The summed E-state index contributed by atoms with van der Waals surface area (Å²) in [5, 5.41) is 0. The third-order valence-corrected chi connectivity index (χ3v) is 4.92. The summed E-state index contributed by atoms with van der Waals surface area (Å²) in [6.45, 7) is 8.04. The summed E-state index contributed by atoms with van der Waals surface area (Å²) in [6.07, 6.45) is 6.45. The molecule has 0 bridgehead atoms. The van der Waals surface area contributed by atoms with E-state index in [9.17, 15) is 0 Å². The van der Waals surface area contributed by atoms with E-state index in [4.69, 9.17) is 5.73 Å². The summed E-state index contributed by atoms with van der Waals surface area (Å²) in [7, 11) is 0. The summed E-state index contributed by atoms with van der Waals surface area (Å²) >= 11 is 0. The Hall–Kier alpha value is -0.860. The van der Waals surface area contributed by atoms with Crippen molar-refractivity contribution in [2.45, 2.75) is 71.0 Å². The number of hydrogen-bond acceptors (Lipinski definition) is 2. The van der Waals surface area contributed by atoms with Crippen LogP contribution >= 0.6 is 0 Å². The van der Waals surface area contributed by atoms with Crippen LogP contribution in [0.25, 0.3) is 0 Å². The van der Waals surface area contributed by atoms with Gasteiger partial charge >= 0.3 is 0 Å². The first-order chi connectivity index (χ1) is 9.63. The van der Waals surface area contributed by atoms with Gasteiger partial charge in [-0.3, -0.25) is 4.90 Å². The fraction of sp³-hybridized carbons (Fsp3) is 0.667. The number of aryl methyl sites for hydroxylation is 1. The Labute approximate surface area is 124 Å². The van der Waals surface area contributed by atoms with E-state index in [0.29, 0.717) is 12.1 Å². The molecule has 0 radical (unpaired) electrons. The van der Waals surface area contributed by atoms with Gasteiger partial charge in [0, 0.05) is 18.1 Å². The number of hydrogen-bond donors (Lipinski definition) is 1. The van der Waals surface area contributed by atoms with E-state index in [-0.39, 0.29) is 6.04 Å². The SMILES string of the molecule is CCc1ccc(C(N)C(C)N2CCCCCC2C)cc1. The van der Waals surface area contributed by atoms with E-state index < -0.39 is 0 Å². The van der Waals surface area contributed by atoms with E-state index in [2.05, 4.69) is 49.9 Å². The molecule has 0 amide bonds. The molecule has 1 aliphatic heterocycles. The minimum Gasteiger partial charge on any atom is -0.323 e. The van der Waals surface area contributed by atoms with Crippen molar-refractivity contribution in [2.75, 3.05) is 6.54 Å². The minimum absolute atomic E-state index is 0.112. The predicted molar refractivity (Wildman–Crippen MR) is 86.8 cm³/mol.